The number of nitrogens with one attached hydrogen (secondary N) is 1. The maximum absolute atomic E-state index is 9.94. The van der Waals surface area contributed by atoms with Crippen LogP contribution in [0.4, 0.5) is 11.4 Å². The number of hydrogen-bond donors (Lipinski definition) is 2. The molecule has 2 N–H and O–H groups in total. The topological polar surface area (TPSA) is 60.9 Å². The van der Waals surface area contributed by atoms with Crippen molar-refractivity contribution in [2.24, 2.45) is 5.92 Å². The van der Waals surface area contributed by atoms with E-state index in [9.17, 15) is 5.11 Å². The van der Waals surface area contributed by atoms with Crippen LogP contribution >= 0.6 is 15.9 Å². The minimum Gasteiger partial charge on any atom is -0.437 e. The van der Waals surface area contributed by atoms with Gasteiger partial charge in [0.25, 0.3) is 0 Å². The van der Waals surface area contributed by atoms with E-state index >= 15 is 0 Å². The van der Waals surface area contributed by atoms with Gasteiger partial charge in [0.2, 0.25) is 5.88 Å². The summed E-state index contributed by atoms with van der Waals surface area (Å²) < 4.78 is 6.90. The van der Waals surface area contributed by atoms with Gasteiger partial charge >= 0.3 is 0 Å². The zero-order valence-electron chi connectivity index (χ0n) is 14.9. The molecule has 138 valence electrons. The molecule has 4 rings (SSSR count). The summed E-state index contributed by atoms with van der Waals surface area (Å²) >= 11 is 3.69. The maximum atomic E-state index is 9.94. The van der Waals surface area contributed by atoms with Crippen LogP contribution in [0.2, 0.25) is 0 Å². The first-order valence-electron chi connectivity index (χ1n) is 8.95. The number of benzene rings is 1. The van der Waals surface area contributed by atoms with Crippen LogP contribution in [-0.2, 0) is 0 Å². The average molecular weight is 419 g/mol. The molecule has 7 heteroatoms. The molecule has 0 saturated heterocycles. The highest BCUT2D eigenvalue weighted by Gasteiger charge is 2.31. The molecule has 1 unspecified atom stereocenters. The van der Waals surface area contributed by atoms with Gasteiger partial charge in [0.05, 0.1) is 22.0 Å². The Bertz CT molecular complexity index is 810. The Morgan fingerprint density at radius 2 is 2.19 bits per heavy atom. The van der Waals surface area contributed by atoms with Gasteiger partial charge in [0.1, 0.15) is 5.75 Å². The number of hydrogen-bond acceptors (Lipinski definition) is 6. The predicted octanol–water partition coefficient (Wildman–Crippen LogP) is 4.17. The summed E-state index contributed by atoms with van der Waals surface area (Å²) in [7, 11) is 2.00. The maximum Gasteiger partial charge on any atom is 0.225 e. The van der Waals surface area contributed by atoms with Crippen molar-refractivity contribution in [2.75, 3.05) is 23.6 Å². The molecule has 6 nitrogen and oxygen atoms in total. The van der Waals surface area contributed by atoms with Crippen molar-refractivity contribution in [3.63, 3.8) is 0 Å². The molecule has 1 aliphatic heterocycles. The van der Waals surface area contributed by atoms with Crippen molar-refractivity contribution in [2.45, 2.75) is 32.3 Å². The summed E-state index contributed by atoms with van der Waals surface area (Å²) in [6.07, 6.45) is 4.97. The van der Waals surface area contributed by atoms with Gasteiger partial charge in [-0.05, 0) is 65.9 Å². The van der Waals surface area contributed by atoms with Gasteiger partial charge in [0.15, 0.2) is 0 Å². The Hall–Kier alpha value is -1.83. The smallest absolute Gasteiger partial charge is 0.225 e. The van der Waals surface area contributed by atoms with Gasteiger partial charge in [-0.25, -0.2) is 4.98 Å². The molecule has 1 saturated carbocycles. The zero-order valence-corrected chi connectivity index (χ0v) is 16.5. The van der Waals surface area contributed by atoms with Crippen molar-refractivity contribution in [3.05, 3.63) is 40.5 Å². The predicted molar refractivity (Wildman–Crippen MR) is 105 cm³/mol. The fourth-order valence-electron chi connectivity index (χ4n) is 3.42. The van der Waals surface area contributed by atoms with E-state index in [1.807, 2.05) is 24.2 Å². The monoisotopic (exact) mass is 418 g/mol. The zero-order chi connectivity index (χ0) is 18.3. The van der Waals surface area contributed by atoms with Crippen LogP contribution in [0.15, 0.2) is 34.9 Å². The summed E-state index contributed by atoms with van der Waals surface area (Å²) in [5, 5.41) is 14.1. The van der Waals surface area contributed by atoms with E-state index in [4.69, 9.17) is 4.74 Å². The van der Waals surface area contributed by atoms with Crippen LogP contribution in [-0.4, -0.2) is 23.7 Å². The molecule has 0 amide bonds. The number of aliphatic hydroxyl groups is 1. The fraction of sp³-hybridized carbons (Fsp3) is 0.421. The van der Waals surface area contributed by atoms with Crippen LogP contribution in [0.5, 0.6) is 11.6 Å². The highest BCUT2D eigenvalue weighted by Crippen LogP contribution is 2.46. The number of anilines is 2. The summed E-state index contributed by atoms with van der Waals surface area (Å²) in [6.45, 7) is 2.72. The number of halogens is 1. The molecule has 0 spiro atoms. The second kappa shape index (κ2) is 7.06. The summed E-state index contributed by atoms with van der Waals surface area (Å²) in [6, 6.07) is 7.62. The van der Waals surface area contributed by atoms with Crippen LogP contribution < -0.4 is 20.3 Å². The van der Waals surface area contributed by atoms with Crippen molar-refractivity contribution >= 4 is 27.3 Å². The van der Waals surface area contributed by atoms with Crippen LogP contribution in [0.25, 0.3) is 0 Å². The Kier molecular flexibility index (Phi) is 4.77. The minimum absolute atomic E-state index is 0.420. The summed E-state index contributed by atoms with van der Waals surface area (Å²) in [5.74, 6) is 1.85. The summed E-state index contributed by atoms with van der Waals surface area (Å²) in [5.41, 5.74) is 6.24. The van der Waals surface area contributed by atoms with E-state index in [2.05, 4.69) is 37.5 Å². The van der Waals surface area contributed by atoms with E-state index in [1.165, 1.54) is 19.3 Å². The van der Waals surface area contributed by atoms with E-state index in [-0.39, 0.29) is 0 Å². The number of aromatic nitrogens is 1. The number of ether oxygens (including phenoxy) is 1. The van der Waals surface area contributed by atoms with Gasteiger partial charge in [-0.15, -0.1) is 5.53 Å². The second-order valence-corrected chi connectivity index (χ2v) is 7.78. The molecule has 1 atom stereocenters. The molecule has 0 bridgehead atoms. The molecule has 1 fully saturated rings. The molecule has 2 heterocycles. The minimum atomic E-state index is -0.644. The number of hydrazine groups is 2. The van der Waals surface area contributed by atoms with Crippen molar-refractivity contribution in [3.8, 4) is 11.6 Å². The van der Waals surface area contributed by atoms with Gasteiger partial charge in [-0.3, -0.25) is 10.0 Å². The van der Waals surface area contributed by atoms with E-state index in [0.29, 0.717) is 17.2 Å². The lowest BCUT2D eigenvalue weighted by Crippen LogP contribution is -2.45. The third kappa shape index (κ3) is 3.15. The van der Waals surface area contributed by atoms with Crippen LogP contribution in [0, 0.1) is 5.92 Å². The molecule has 2 aliphatic rings. The lowest BCUT2D eigenvalue weighted by molar-refractivity contribution is 0.194. The number of fused-ring (bicyclic) bond motifs is 1. The molecule has 2 aromatic rings. The highest BCUT2D eigenvalue weighted by molar-refractivity contribution is 9.10. The SMILES string of the molecule is CC(O)c1cccnc1Oc1ccc2c(c1Br)N(C)NN2CC1CCC1. The Morgan fingerprint density at radius 1 is 1.38 bits per heavy atom. The quantitative estimate of drug-likeness (QED) is 0.759. The molecule has 1 aromatic heterocycles. The van der Waals surface area contributed by atoms with Crippen molar-refractivity contribution in [1.82, 2.24) is 10.5 Å². The Balaban J connectivity index is 1.63. The lowest BCUT2D eigenvalue weighted by Gasteiger charge is -2.31. The first kappa shape index (κ1) is 17.6. The Labute approximate surface area is 161 Å². The number of nitrogens with zero attached hydrogens (tertiary/aromatic N) is 3. The van der Waals surface area contributed by atoms with E-state index < -0.39 is 6.10 Å². The number of rotatable bonds is 5. The Morgan fingerprint density at radius 3 is 2.88 bits per heavy atom. The third-order valence-corrected chi connectivity index (χ3v) is 5.85. The lowest BCUT2D eigenvalue weighted by atomic mass is 9.85. The first-order chi connectivity index (χ1) is 12.5. The second-order valence-electron chi connectivity index (χ2n) is 6.99. The number of aliphatic hydroxyl groups excluding tert-OH is 1. The van der Waals surface area contributed by atoms with Crippen molar-refractivity contribution in [1.29, 1.82) is 0 Å². The normalized spacial score (nSPS) is 17.8. The average Bonchev–Trinajstić information content (AvgIpc) is 2.90. The van der Waals surface area contributed by atoms with E-state index in [1.54, 1.807) is 19.2 Å². The molecule has 26 heavy (non-hydrogen) atoms. The molecular weight excluding hydrogens is 396 g/mol. The van der Waals surface area contributed by atoms with E-state index in [0.717, 1.165) is 28.3 Å². The molecule has 1 aromatic carbocycles. The first-order valence-corrected chi connectivity index (χ1v) is 9.74. The largest absolute Gasteiger partial charge is 0.437 e. The van der Waals surface area contributed by atoms with Crippen LogP contribution in [0.1, 0.15) is 37.9 Å². The van der Waals surface area contributed by atoms with Gasteiger partial charge in [-0.2, -0.15) is 0 Å². The molecule has 0 radical (unpaired) electrons. The van der Waals surface area contributed by atoms with Gasteiger partial charge in [0, 0.05) is 25.4 Å². The number of pyridine rings is 1. The third-order valence-electron chi connectivity index (χ3n) is 5.08. The van der Waals surface area contributed by atoms with Crippen LogP contribution in [0.3, 0.4) is 0 Å². The summed E-state index contributed by atoms with van der Waals surface area (Å²) in [4.78, 5) is 4.28. The van der Waals surface area contributed by atoms with Crippen molar-refractivity contribution < 1.29 is 9.84 Å². The van der Waals surface area contributed by atoms with Gasteiger partial charge in [-0.1, -0.05) is 6.42 Å². The standard InChI is InChI=1S/C19H23BrN4O2/c1-12(25)14-7-4-10-21-19(14)26-16-9-8-15-18(17(16)20)23(2)22-24(15)11-13-5-3-6-13/h4,7-10,12-13,22,25H,3,5-6,11H2,1-2H3. The highest BCUT2D eigenvalue weighted by atomic mass is 79.9. The van der Waals surface area contributed by atoms with Gasteiger partial charge < -0.3 is 9.84 Å². The molecular formula is C19H23BrN4O2. The molecule has 1 aliphatic carbocycles. The fourth-order valence-corrected chi connectivity index (χ4v) is 4.10.